The fraction of sp³-hybridized carbons (Fsp3) is 0.947. The maximum atomic E-state index is 4.73. The van der Waals surface area contributed by atoms with Crippen LogP contribution >= 0.6 is 12.2 Å². The summed E-state index contributed by atoms with van der Waals surface area (Å²) in [7, 11) is 0. The van der Waals surface area contributed by atoms with Crippen LogP contribution in [0.5, 0.6) is 0 Å². The number of thiocarbonyl (C=S) groups is 1. The highest BCUT2D eigenvalue weighted by Crippen LogP contribution is 2.41. The van der Waals surface area contributed by atoms with Gasteiger partial charge in [0.2, 0.25) is 0 Å². The first-order valence-corrected chi connectivity index (χ1v) is 9.81. The Morgan fingerprint density at radius 1 is 0.857 bits per heavy atom. The molecule has 0 N–H and O–H groups in total. The highest BCUT2D eigenvalue weighted by atomic mass is 32.1. The van der Waals surface area contributed by atoms with E-state index in [2.05, 4.69) is 17.1 Å². The third-order valence-corrected chi connectivity index (χ3v) is 6.11. The van der Waals surface area contributed by atoms with Gasteiger partial charge in [-0.25, -0.2) is 4.99 Å². The topological polar surface area (TPSA) is 12.4 Å². The minimum absolute atomic E-state index is 0.494. The van der Waals surface area contributed by atoms with Crippen molar-refractivity contribution in [1.82, 2.24) is 0 Å². The van der Waals surface area contributed by atoms with E-state index in [9.17, 15) is 0 Å². The first-order chi connectivity index (χ1) is 10.3. The summed E-state index contributed by atoms with van der Waals surface area (Å²) in [5, 5.41) is 2.57. The fourth-order valence-corrected chi connectivity index (χ4v) is 4.73. The van der Waals surface area contributed by atoms with Crippen molar-refractivity contribution in [2.24, 2.45) is 22.7 Å². The largest absolute Gasteiger partial charge is 0.229 e. The molecule has 2 heteroatoms. The third-order valence-electron chi connectivity index (χ3n) is 6.00. The van der Waals surface area contributed by atoms with Gasteiger partial charge in [0.1, 0.15) is 0 Å². The number of nitrogens with zero attached hydrogens (tertiary/aromatic N) is 1. The fourth-order valence-electron chi connectivity index (χ4n) is 4.58. The lowest BCUT2D eigenvalue weighted by atomic mass is 9.69. The van der Waals surface area contributed by atoms with Gasteiger partial charge in [0.05, 0.1) is 11.2 Å². The zero-order valence-corrected chi connectivity index (χ0v) is 14.7. The summed E-state index contributed by atoms with van der Waals surface area (Å²) >= 11 is 4.73. The molecule has 21 heavy (non-hydrogen) atoms. The zero-order valence-electron chi connectivity index (χ0n) is 13.9. The van der Waals surface area contributed by atoms with Gasteiger partial charge in [0, 0.05) is 0 Å². The van der Waals surface area contributed by atoms with Crippen LogP contribution in [-0.2, 0) is 0 Å². The first kappa shape index (κ1) is 17.2. The molecular formula is C19H33NS. The lowest BCUT2D eigenvalue weighted by Gasteiger charge is -2.37. The maximum absolute atomic E-state index is 4.73. The lowest BCUT2D eigenvalue weighted by Crippen LogP contribution is -2.26. The van der Waals surface area contributed by atoms with E-state index < -0.39 is 0 Å². The van der Waals surface area contributed by atoms with Gasteiger partial charge < -0.3 is 0 Å². The van der Waals surface area contributed by atoms with E-state index >= 15 is 0 Å². The molecule has 0 aromatic carbocycles. The van der Waals surface area contributed by atoms with Crippen LogP contribution in [0.3, 0.4) is 0 Å². The smallest absolute Gasteiger partial charge is 0.0603 e. The molecule has 0 saturated heterocycles. The van der Waals surface area contributed by atoms with Gasteiger partial charge >= 0.3 is 0 Å². The summed E-state index contributed by atoms with van der Waals surface area (Å²) in [6.45, 7) is 2.30. The summed E-state index contributed by atoms with van der Waals surface area (Å²) < 4.78 is 0. The Bertz CT molecular complexity index is 318. The number of hydrogen-bond acceptors (Lipinski definition) is 2. The summed E-state index contributed by atoms with van der Waals surface area (Å²) in [5.41, 5.74) is 0. The molecule has 0 spiro atoms. The third kappa shape index (κ3) is 5.83. The molecule has 0 heterocycles. The van der Waals surface area contributed by atoms with Gasteiger partial charge in [-0.1, -0.05) is 51.9 Å². The van der Waals surface area contributed by atoms with Crippen LogP contribution < -0.4 is 0 Å². The molecule has 120 valence electrons. The van der Waals surface area contributed by atoms with E-state index in [0.29, 0.717) is 6.04 Å². The van der Waals surface area contributed by atoms with Gasteiger partial charge in [0.15, 0.2) is 0 Å². The molecule has 0 radical (unpaired) electrons. The Kier molecular flexibility index (Phi) is 7.96. The first-order valence-electron chi connectivity index (χ1n) is 9.40. The summed E-state index contributed by atoms with van der Waals surface area (Å²) in [4.78, 5) is 4.29. The number of rotatable bonds is 7. The molecular weight excluding hydrogens is 274 g/mol. The maximum Gasteiger partial charge on any atom is 0.0603 e. The average molecular weight is 308 g/mol. The minimum atomic E-state index is 0.494. The Morgan fingerprint density at radius 3 is 2.05 bits per heavy atom. The molecule has 2 rings (SSSR count). The van der Waals surface area contributed by atoms with E-state index in [0.717, 1.165) is 17.8 Å². The molecule has 2 aliphatic rings. The Hall–Kier alpha value is -0.200. The van der Waals surface area contributed by atoms with Crippen molar-refractivity contribution in [1.29, 1.82) is 0 Å². The van der Waals surface area contributed by atoms with E-state index in [-0.39, 0.29) is 0 Å². The van der Waals surface area contributed by atoms with Crippen molar-refractivity contribution in [2.75, 3.05) is 0 Å². The lowest BCUT2D eigenvalue weighted by molar-refractivity contribution is 0.156. The highest BCUT2D eigenvalue weighted by molar-refractivity contribution is 7.78. The van der Waals surface area contributed by atoms with Crippen LogP contribution in [0.25, 0.3) is 0 Å². The van der Waals surface area contributed by atoms with Crippen LogP contribution in [0.1, 0.15) is 90.4 Å². The summed E-state index contributed by atoms with van der Waals surface area (Å²) in [5.74, 6) is 3.06. The van der Waals surface area contributed by atoms with Crippen molar-refractivity contribution in [3.63, 3.8) is 0 Å². The van der Waals surface area contributed by atoms with Crippen LogP contribution in [0.2, 0.25) is 0 Å². The second-order valence-corrected chi connectivity index (χ2v) is 7.60. The van der Waals surface area contributed by atoms with Gasteiger partial charge in [0.25, 0.3) is 0 Å². The molecule has 0 aliphatic heterocycles. The second-order valence-electron chi connectivity index (χ2n) is 7.42. The van der Waals surface area contributed by atoms with Crippen LogP contribution in [0.4, 0.5) is 0 Å². The van der Waals surface area contributed by atoms with E-state index in [1.165, 1.54) is 83.5 Å². The molecule has 0 unspecified atom stereocenters. The molecule has 0 aromatic heterocycles. The predicted molar refractivity (Wildman–Crippen MR) is 95.0 cm³/mol. The second kappa shape index (κ2) is 9.74. The van der Waals surface area contributed by atoms with Crippen LogP contribution in [-0.4, -0.2) is 11.2 Å². The van der Waals surface area contributed by atoms with Crippen LogP contribution in [0, 0.1) is 17.8 Å². The van der Waals surface area contributed by atoms with Crippen molar-refractivity contribution >= 4 is 17.4 Å². The van der Waals surface area contributed by atoms with Crippen molar-refractivity contribution in [2.45, 2.75) is 96.4 Å². The summed E-state index contributed by atoms with van der Waals surface area (Å²) in [6.07, 6.45) is 18.5. The molecule has 2 saturated carbocycles. The quantitative estimate of drug-likeness (QED) is 0.300. The Morgan fingerprint density at radius 2 is 1.48 bits per heavy atom. The van der Waals surface area contributed by atoms with E-state index in [4.69, 9.17) is 12.2 Å². The van der Waals surface area contributed by atoms with Crippen molar-refractivity contribution in [3.8, 4) is 0 Å². The highest BCUT2D eigenvalue weighted by Gasteiger charge is 2.30. The molecule has 0 aromatic rings. The van der Waals surface area contributed by atoms with Crippen molar-refractivity contribution in [3.05, 3.63) is 0 Å². The molecule has 1 nitrogen and oxygen atoms in total. The zero-order chi connectivity index (χ0) is 14.9. The van der Waals surface area contributed by atoms with Gasteiger partial charge in [-0.15, -0.1) is 0 Å². The molecule has 2 fully saturated rings. The van der Waals surface area contributed by atoms with E-state index in [1.807, 2.05) is 0 Å². The number of unbranched alkanes of at least 4 members (excludes halogenated alkanes) is 3. The Balaban J connectivity index is 1.62. The average Bonchev–Trinajstić information content (AvgIpc) is 2.53. The van der Waals surface area contributed by atoms with Crippen molar-refractivity contribution < 1.29 is 0 Å². The van der Waals surface area contributed by atoms with Crippen LogP contribution in [0.15, 0.2) is 4.99 Å². The molecule has 2 aliphatic carbocycles. The van der Waals surface area contributed by atoms with Gasteiger partial charge in [-0.2, -0.15) is 0 Å². The Labute approximate surface area is 137 Å². The number of isothiocyanates is 1. The molecule has 0 amide bonds. The molecule has 0 bridgehead atoms. The van der Waals surface area contributed by atoms with E-state index in [1.54, 1.807) is 0 Å². The molecule has 0 atom stereocenters. The number of aliphatic imine (C=N–C) groups is 1. The van der Waals surface area contributed by atoms with Gasteiger partial charge in [-0.05, 0) is 68.5 Å². The normalized spacial score (nSPS) is 33.4. The number of hydrogen-bond donors (Lipinski definition) is 0. The standard InChI is InChI=1S/C19H33NS/c1-2-3-4-5-6-16-7-9-17(10-8-16)18-11-13-19(14-12-18)20-15-21/h16-19H,2-14H2,1H3. The monoisotopic (exact) mass is 307 g/mol. The predicted octanol–water partition coefficient (Wildman–Crippen LogP) is 6.42. The SMILES string of the molecule is CCCCCCC1CCC(C2CCC(N=C=S)CC2)CC1. The minimum Gasteiger partial charge on any atom is -0.229 e. The summed E-state index contributed by atoms with van der Waals surface area (Å²) in [6, 6.07) is 0.494. The van der Waals surface area contributed by atoms with Gasteiger partial charge in [-0.3, -0.25) is 0 Å².